The summed E-state index contributed by atoms with van der Waals surface area (Å²) in [6.07, 6.45) is 1.69. The van der Waals surface area contributed by atoms with Gasteiger partial charge in [-0.1, -0.05) is 31.9 Å². The van der Waals surface area contributed by atoms with Gasteiger partial charge in [-0.3, -0.25) is 9.36 Å². The highest BCUT2D eigenvalue weighted by molar-refractivity contribution is 9.10. The van der Waals surface area contributed by atoms with Crippen LogP contribution in [0.4, 0.5) is 0 Å². The number of halogens is 2. The van der Waals surface area contributed by atoms with Crippen molar-refractivity contribution in [2.24, 2.45) is 5.73 Å². The quantitative estimate of drug-likeness (QED) is 0.492. The zero-order chi connectivity index (χ0) is 24.6. The van der Waals surface area contributed by atoms with E-state index in [1.54, 1.807) is 37.5 Å². The van der Waals surface area contributed by atoms with E-state index in [2.05, 4.69) is 44.0 Å². The Morgan fingerprint density at radius 2 is 1.65 bits per heavy atom. The maximum Gasteiger partial charge on any atom is 0.274 e. The Hall–Kier alpha value is -3.31. The number of methoxy groups -OCH3 is 2. The minimum atomic E-state index is -0.784. The smallest absolute Gasteiger partial charge is 0.274 e. The van der Waals surface area contributed by atoms with Gasteiger partial charge in [0.05, 0.1) is 48.0 Å². The predicted molar refractivity (Wildman–Crippen MR) is 138 cm³/mol. The molecule has 0 radical (unpaired) electrons. The van der Waals surface area contributed by atoms with Gasteiger partial charge in [0.25, 0.3) is 5.56 Å². The summed E-state index contributed by atoms with van der Waals surface area (Å²) in [5.74, 6) is 0.292. The maximum absolute atomic E-state index is 13.4. The molecule has 34 heavy (non-hydrogen) atoms. The van der Waals surface area contributed by atoms with Gasteiger partial charge < -0.3 is 15.2 Å². The van der Waals surface area contributed by atoms with E-state index in [0.717, 1.165) is 20.3 Å². The molecule has 1 aliphatic heterocycles. The van der Waals surface area contributed by atoms with Crippen LogP contribution < -0.4 is 30.0 Å². The maximum atomic E-state index is 13.4. The van der Waals surface area contributed by atoms with Crippen molar-refractivity contribution in [3.05, 3.63) is 81.6 Å². The number of benzene rings is 2. The van der Waals surface area contributed by atoms with Gasteiger partial charge in [0.1, 0.15) is 22.0 Å². The summed E-state index contributed by atoms with van der Waals surface area (Å²) in [7, 11) is 3.06. The average Bonchev–Trinajstić information content (AvgIpc) is 3.15. The van der Waals surface area contributed by atoms with Crippen molar-refractivity contribution < 1.29 is 9.47 Å². The highest BCUT2D eigenvalue weighted by Crippen LogP contribution is 2.41. The number of allylic oxidation sites excluding steroid dienone is 1. The van der Waals surface area contributed by atoms with Crippen molar-refractivity contribution in [3.8, 4) is 23.6 Å². The van der Waals surface area contributed by atoms with Crippen LogP contribution in [0.25, 0.3) is 17.5 Å². The van der Waals surface area contributed by atoms with Crippen LogP contribution in [0.15, 0.2) is 55.7 Å². The van der Waals surface area contributed by atoms with E-state index >= 15 is 0 Å². The van der Waals surface area contributed by atoms with Gasteiger partial charge in [0, 0.05) is 20.1 Å². The number of thiazole rings is 1. The van der Waals surface area contributed by atoms with Crippen molar-refractivity contribution in [1.29, 1.82) is 10.5 Å². The molecule has 0 saturated heterocycles. The largest absolute Gasteiger partial charge is 0.496 e. The molecule has 1 aromatic heterocycles. The number of nitrogens with two attached hydrogens (primary N) is 1. The van der Waals surface area contributed by atoms with Crippen molar-refractivity contribution in [3.63, 3.8) is 0 Å². The first-order valence-electron chi connectivity index (χ1n) is 9.79. The molecule has 2 heterocycles. The number of hydrogen-bond acceptors (Lipinski definition) is 7. The lowest BCUT2D eigenvalue weighted by Crippen LogP contribution is -2.38. The molecule has 0 saturated carbocycles. The summed E-state index contributed by atoms with van der Waals surface area (Å²) in [6, 6.07) is 15.1. The lowest BCUT2D eigenvalue weighted by Gasteiger charge is -2.24. The SMILES string of the molecule is COc1ccc(Br)cc1C=c1sc2n(c1=O)C(N)=C(C#N)C(c1cc(Br)ccc1OC)C=2C#N. The summed E-state index contributed by atoms with van der Waals surface area (Å²) in [5.41, 5.74) is 7.57. The fourth-order valence-corrected chi connectivity index (χ4v) is 5.73. The monoisotopic (exact) mass is 598 g/mol. The molecule has 0 fully saturated rings. The molecule has 0 aliphatic carbocycles. The highest BCUT2D eigenvalue weighted by atomic mass is 79.9. The van der Waals surface area contributed by atoms with Gasteiger partial charge >= 0.3 is 0 Å². The molecule has 170 valence electrons. The Morgan fingerprint density at radius 3 is 2.26 bits per heavy atom. The first-order valence-corrected chi connectivity index (χ1v) is 12.2. The van der Waals surface area contributed by atoms with E-state index < -0.39 is 11.5 Å². The van der Waals surface area contributed by atoms with E-state index in [0.29, 0.717) is 31.8 Å². The molecular formula is C24H16Br2N4O3S. The minimum absolute atomic E-state index is 0.00867. The van der Waals surface area contributed by atoms with Crippen molar-refractivity contribution in [1.82, 2.24) is 4.57 Å². The Balaban J connectivity index is 2.09. The molecule has 1 aliphatic rings. The lowest BCUT2D eigenvalue weighted by atomic mass is 9.84. The van der Waals surface area contributed by atoms with E-state index in [1.807, 2.05) is 12.1 Å². The zero-order valence-corrected chi connectivity index (χ0v) is 21.9. The number of aromatic nitrogens is 1. The summed E-state index contributed by atoms with van der Waals surface area (Å²) >= 11 is 8.01. The highest BCUT2D eigenvalue weighted by Gasteiger charge is 2.34. The third-order valence-corrected chi connectivity index (χ3v) is 7.46. The third-order valence-electron chi connectivity index (χ3n) is 5.37. The topological polar surface area (TPSA) is 114 Å². The fourth-order valence-electron chi connectivity index (χ4n) is 3.85. The van der Waals surface area contributed by atoms with Crippen LogP contribution in [0.3, 0.4) is 0 Å². The lowest BCUT2D eigenvalue weighted by molar-refractivity contribution is 0.409. The zero-order valence-electron chi connectivity index (χ0n) is 17.9. The molecule has 0 bridgehead atoms. The Bertz CT molecular complexity index is 1620. The van der Waals surface area contributed by atoms with Crippen LogP contribution in [0.5, 0.6) is 11.5 Å². The molecule has 3 aromatic rings. The second-order valence-corrected chi connectivity index (χ2v) is 10.1. The van der Waals surface area contributed by atoms with E-state index in [1.165, 1.54) is 11.7 Å². The molecule has 10 heteroatoms. The summed E-state index contributed by atoms with van der Waals surface area (Å²) in [4.78, 5) is 13.4. The molecular weight excluding hydrogens is 584 g/mol. The molecule has 1 atom stereocenters. The van der Waals surface area contributed by atoms with Crippen LogP contribution in [0.1, 0.15) is 17.0 Å². The summed E-state index contributed by atoms with van der Waals surface area (Å²) in [6.45, 7) is 0. The van der Waals surface area contributed by atoms with Crippen LogP contribution in [0, 0.1) is 22.7 Å². The Kier molecular flexibility index (Phi) is 6.67. The number of hydrogen-bond donors (Lipinski definition) is 1. The second-order valence-electron chi connectivity index (χ2n) is 7.20. The van der Waals surface area contributed by atoms with Crippen LogP contribution in [-0.4, -0.2) is 18.8 Å². The summed E-state index contributed by atoms with van der Waals surface area (Å²) in [5, 5.41) is 20.1. The van der Waals surface area contributed by atoms with Crippen LogP contribution in [0.2, 0.25) is 0 Å². The third kappa shape index (κ3) is 3.94. The molecule has 2 N–H and O–H groups in total. The van der Waals surface area contributed by atoms with Gasteiger partial charge in [-0.15, -0.1) is 11.3 Å². The van der Waals surface area contributed by atoms with Crippen molar-refractivity contribution in [2.45, 2.75) is 5.92 Å². The second kappa shape index (κ2) is 9.51. The van der Waals surface area contributed by atoms with E-state index in [9.17, 15) is 15.3 Å². The first-order chi connectivity index (χ1) is 16.3. The predicted octanol–water partition coefficient (Wildman–Crippen LogP) is 3.40. The fraction of sp³-hybridized carbons (Fsp3) is 0.125. The molecule has 0 amide bonds. The Labute approximate surface area is 215 Å². The Morgan fingerprint density at radius 1 is 1.03 bits per heavy atom. The van der Waals surface area contributed by atoms with Gasteiger partial charge in [-0.25, -0.2) is 0 Å². The number of fused-ring (bicyclic) bond motifs is 1. The van der Waals surface area contributed by atoms with E-state index in [4.69, 9.17) is 15.2 Å². The number of nitriles is 2. The minimum Gasteiger partial charge on any atom is -0.496 e. The van der Waals surface area contributed by atoms with Gasteiger partial charge in [0.15, 0.2) is 0 Å². The van der Waals surface area contributed by atoms with Crippen molar-refractivity contribution in [2.75, 3.05) is 14.2 Å². The van der Waals surface area contributed by atoms with Gasteiger partial charge in [-0.05, 0) is 42.5 Å². The molecule has 1 unspecified atom stereocenters. The van der Waals surface area contributed by atoms with Gasteiger partial charge in [-0.2, -0.15) is 10.5 Å². The van der Waals surface area contributed by atoms with Crippen LogP contribution >= 0.6 is 43.2 Å². The molecule has 4 rings (SSSR count). The standard InChI is InChI=1S/C24H16Br2N4O3S/c1-32-18-5-3-13(25)7-12(18)8-20-23(31)30-22(29)16(10-27)21(17(11-28)24(30)34-20)15-9-14(26)4-6-19(15)33-2/h3-9,21H,29H2,1-2H3. The van der Waals surface area contributed by atoms with Crippen molar-refractivity contribution >= 4 is 60.7 Å². The normalized spacial score (nSPS) is 15.5. The molecule has 0 spiro atoms. The summed E-state index contributed by atoms with van der Waals surface area (Å²) < 4.78 is 14.4. The molecule has 7 nitrogen and oxygen atoms in total. The number of ether oxygens (including phenoxy) is 2. The van der Waals surface area contributed by atoms with Gasteiger partial charge in [0.2, 0.25) is 0 Å². The average molecular weight is 600 g/mol. The number of nitrogens with zero attached hydrogens (tertiary/aromatic N) is 3. The molecule has 2 aromatic carbocycles. The number of rotatable bonds is 4. The first kappa shape index (κ1) is 23.8. The van der Waals surface area contributed by atoms with Crippen LogP contribution in [-0.2, 0) is 0 Å². The van der Waals surface area contributed by atoms with E-state index in [-0.39, 0.29) is 17.0 Å².